The first kappa shape index (κ1) is 11.0. The number of thiophene rings is 1. The van der Waals surface area contributed by atoms with Crippen LogP contribution in [0.2, 0.25) is 0 Å². The lowest BCUT2D eigenvalue weighted by atomic mass is 10.2. The Bertz CT molecular complexity index is 567. The SMILES string of the molecule is O=C1N[C@H](C(=O)O)CN2C(=O)COc3csc1c32. The number of anilines is 1. The van der Waals surface area contributed by atoms with Crippen LogP contribution < -0.4 is 15.0 Å². The Hall–Kier alpha value is -2.09. The summed E-state index contributed by atoms with van der Waals surface area (Å²) in [5.41, 5.74) is 0.387. The van der Waals surface area contributed by atoms with E-state index < -0.39 is 17.9 Å². The van der Waals surface area contributed by atoms with Gasteiger partial charge < -0.3 is 20.1 Å². The van der Waals surface area contributed by atoms with E-state index in [1.807, 2.05) is 0 Å². The van der Waals surface area contributed by atoms with Gasteiger partial charge in [-0.25, -0.2) is 4.79 Å². The van der Waals surface area contributed by atoms with Crippen LogP contribution in [0.4, 0.5) is 5.69 Å². The van der Waals surface area contributed by atoms with Crippen LogP contribution in [0.25, 0.3) is 0 Å². The molecule has 0 aliphatic carbocycles. The van der Waals surface area contributed by atoms with E-state index in [-0.39, 0.29) is 19.1 Å². The Morgan fingerprint density at radius 3 is 3.06 bits per heavy atom. The molecular weight excluding hydrogens is 260 g/mol. The zero-order valence-corrected chi connectivity index (χ0v) is 9.82. The molecule has 2 aliphatic rings. The second-order valence-corrected chi connectivity index (χ2v) is 4.81. The molecule has 0 bridgehead atoms. The molecule has 0 fully saturated rings. The Labute approximate surface area is 105 Å². The summed E-state index contributed by atoms with van der Waals surface area (Å²) in [7, 11) is 0. The predicted octanol–water partition coefficient (Wildman–Crippen LogP) is -0.330. The summed E-state index contributed by atoms with van der Waals surface area (Å²) < 4.78 is 5.21. The maximum Gasteiger partial charge on any atom is 0.328 e. The number of aliphatic carboxylic acids is 1. The molecule has 18 heavy (non-hydrogen) atoms. The maximum absolute atomic E-state index is 11.9. The topological polar surface area (TPSA) is 95.9 Å². The lowest BCUT2D eigenvalue weighted by Gasteiger charge is -2.27. The van der Waals surface area contributed by atoms with Crippen LogP contribution in [0.3, 0.4) is 0 Å². The lowest BCUT2D eigenvalue weighted by Crippen LogP contribution is -2.49. The van der Waals surface area contributed by atoms with E-state index in [1.54, 1.807) is 5.38 Å². The molecule has 3 rings (SSSR count). The van der Waals surface area contributed by atoms with E-state index >= 15 is 0 Å². The van der Waals surface area contributed by atoms with Crippen molar-refractivity contribution in [2.45, 2.75) is 6.04 Å². The van der Waals surface area contributed by atoms with Gasteiger partial charge in [0.15, 0.2) is 12.4 Å². The molecule has 2 N–H and O–H groups in total. The lowest BCUT2D eigenvalue weighted by molar-refractivity contribution is -0.139. The minimum absolute atomic E-state index is 0.0833. The number of hydrogen-bond donors (Lipinski definition) is 2. The van der Waals surface area contributed by atoms with Gasteiger partial charge in [-0.1, -0.05) is 0 Å². The number of carboxylic acid groups (broad SMARTS) is 1. The first-order valence-electron chi connectivity index (χ1n) is 5.16. The summed E-state index contributed by atoms with van der Waals surface area (Å²) in [5, 5.41) is 13.0. The van der Waals surface area contributed by atoms with Gasteiger partial charge in [0.2, 0.25) is 0 Å². The number of amides is 2. The van der Waals surface area contributed by atoms with Crippen LogP contribution in [0.15, 0.2) is 5.38 Å². The number of carbonyl (C=O) groups excluding carboxylic acids is 2. The van der Waals surface area contributed by atoms with Crippen molar-refractivity contribution in [3.63, 3.8) is 0 Å². The van der Waals surface area contributed by atoms with Gasteiger partial charge in [-0.15, -0.1) is 11.3 Å². The zero-order valence-electron chi connectivity index (χ0n) is 9.00. The van der Waals surface area contributed by atoms with Crippen molar-refractivity contribution >= 4 is 34.8 Å². The molecule has 0 aromatic carbocycles. The Morgan fingerprint density at radius 2 is 2.33 bits per heavy atom. The second-order valence-electron chi connectivity index (χ2n) is 3.93. The van der Waals surface area contributed by atoms with E-state index in [4.69, 9.17) is 9.84 Å². The summed E-state index contributed by atoms with van der Waals surface area (Å²) in [6.07, 6.45) is 0. The number of ether oxygens (including phenoxy) is 1. The number of carboxylic acids is 1. The average molecular weight is 268 g/mol. The number of nitrogens with zero attached hydrogens (tertiary/aromatic N) is 1. The van der Waals surface area contributed by atoms with Crippen molar-refractivity contribution in [2.75, 3.05) is 18.1 Å². The average Bonchev–Trinajstić information content (AvgIpc) is 2.68. The van der Waals surface area contributed by atoms with Gasteiger partial charge in [0.25, 0.3) is 11.8 Å². The fourth-order valence-corrected chi connectivity index (χ4v) is 2.87. The second kappa shape index (κ2) is 3.70. The highest BCUT2D eigenvalue weighted by molar-refractivity contribution is 7.13. The third-order valence-corrected chi connectivity index (χ3v) is 3.78. The quantitative estimate of drug-likeness (QED) is 0.727. The minimum atomic E-state index is -1.17. The summed E-state index contributed by atoms with van der Waals surface area (Å²) >= 11 is 1.13. The highest BCUT2D eigenvalue weighted by Crippen LogP contribution is 2.41. The smallest absolute Gasteiger partial charge is 0.328 e. The Balaban J connectivity index is 2.11. The van der Waals surface area contributed by atoms with Crippen LogP contribution in [0, 0.1) is 0 Å². The molecule has 1 aromatic rings. The number of carbonyl (C=O) groups is 3. The highest BCUT2D eigenvalue weighted by Gasteiger charge is 2.39. The zero-order chi connectivity index (χ0) is 12.9. The molecule has 0 saturated heterocycles. The summed E-state index contributed by atoms with van der Waals surface area (Å²) in [6, 6.07) is -1.10. The first-order chi connectivity index (χ1) is 8.58. The van der Waals surface area contributed by atoms with Crippen molar-refractivity contribution in [3.8, 4) is 5.75 Å². The van der Waals surface area contributed by atoms with Crippen LogP contribution in [0.1, 0.15) is 9.67 Å². The molecule has 0 radical (unpaired) electrons. The van der Waals surface area contributed by atoms with Crippen LogP contribution in [0.5, 0.6) is 5.75 Å². The van der Waals surface area contributed by atoms with Crippen LogP contribution in [-0.2, 0) is 9.59 Å². The van der Waals surface area contributed by atoms with Gasteiger partial charge in [0, 0.05) is 5.38 Å². The molecule has 0 spiro atoms. The molecular formula is C10H8N2O5S. The summed E-state index contributed by atoms with van der Waals surface area (Å²) in [5.74, 6) is -1.55. The molecule has 3 heterocycles. The van der Waals surface area contributed by atoms with Gasteiger partial charge in [0.1, 0.15) is 16.6 Å². The largest absolute Gasteiger partial charge is 0.481 e. The molecule has 1 aromatic heterocycles. The van der Waals surface area contributed by atoms with Crippen LogP contribution >= 0.6 is 11.3 Å². The monoisotopic (exact) mass is 268 g/mol. The number of hydrogen-bond acceptors (Lipinski definition) is 5. The number of rotatable bonds is 1. The summed E-state index contributed by atoms with van der Waals surface area (Å²) in [4.78, 5) is 36.3. The van der Waals surface area contributed by atoms with Gasteiger partial charge in [0.05, 0.1) is 6.54 Å². The van der Waals surface area contributed by atoms with Gasteiger partial charge in [-0.3, -0.25) is 9.59 Å². The standard InChI is InChI=1S/C10H8N2O5S/c13-6-2-17-5-3-18-8-7(5)12(6)1-4(10(15)16)11-9(8)14/h3-4H,1-2H2,(H,11,14)(H,15,16)/t4-/m0/s1. The van der Waals surface area contributed by atoms with Gasteiger partial charge >= 0.3 is 5.97 Å². The van der Waals surface area contributed by atoms with Crippen molar-refractivity contribution < 1.29 is 24.2 Å². The minimum Gasteiger partial charge on any atom is -0.481 e. The normalized spacial score (nSPS) is 21.8. The molecule has 1 atom stereocenters. The summed E-state index contributed by atoms with van der Waals surface area (Å²) in [6.45, 7) is -0.219. The molecule has 0 unspecified atom stereocenters. The third-order valence-electron chi connectivity index (χ3n) is 2.83. The molecule has 7 nitrogen and oxygen atoms in total. The van der Waals surface area contributed by atoms with Gasteiger partial charge in [-0.2, -0.15) is 0 Å². The Kier molecular flexibility index (Phi) is 2.27. The van der Waals surface area contributed by atoms with Crippen LogP contribution in [-0.4, -0.2) is 42.1 Å². The first-order valence-corrected chi connectivity index (χ1v) is 6.04. The van der Waals surface area contributed by atoms with Crippen molar-refractivity contribution in [1.29, 1.82) is 0 Å². The van der Waals surface area contributed by atoms with E-state index in [0.717, 1.165) is 11.3 Å². The van der Waals surface area contributed by atoms with Gasteiger partial charge in [-0.05, 0) is 0 Å². The third kappa shape index (κ3) is 1.46. The van der Waals surface area contributed by atoms with Crippen molar-refractivity contribution in [2.24, 2.45) is 0 Å². The molecule has 2 amide bonds. The fraction of sp³-hybridized carbons (Fsp3) is 0.300. The van der Waals surface area contributed by atoms with E-state index in [1.165, 1.54) is 4.90 Å². The van der Waals surface area contributed by atoms with Crippen molar-refractivity contribution in [1.82, 2.24) is 5.32 Å². The maximum atomic E-state index is 11.9. The molecule has 0 saturated carbocycles. The van der Waals surface area contributed by atoms with E-state index in [9.17, 15) is 14.4 Å². The predicted molar refractivity (Wildman–Crippen MR) is 61.1 cm³/mol. The highest BCUT2D eigenvalue weighted by atomic mass is 32.1. The van der Waals surface area contributed by atoms with Crippen molar-refractivity contribution in [3.05, 3.63) is 10.3 Å². The van der Waals surface area contributed by atoms with E-state index in [2.05, 4.69) is 5.32 Å². The Morgan fingerprint density at radius 1 is 1.56 bits per heavy atom. The molecule has 2 aliphatic heterocycles. The van der Waals surface area contributed by atoms with E-state index in [0.29, 0.717) is 16.3 Å². The number of nitrogens with one attached hydrogen (secondary N) is 1. The fourth-order valence-electron chi connectivity index (χ4n) is 1.98. The molecule has 94 valence electrons. The molecule has 8 heteroatoms.